The summed E-state index contributed by atoms with van der Waals surface area (Å²) in [6.45, 7) is 4.81. The first kappa shape index (κ1) is 28.6. The number of nitrogens with zero attached hydrogens (tertiary/aromatic N) is 3. The van der Waals surface area contributed by atoms with Gasteiger partial charge in [0.2, 0.25) is 11.8 Å². The van der Waals surface area contributed by atoms with Crippen LogP contribution in [0.4, 0.5) is 0 Å². The highest BCUT2D eigenvalue weighted by atomic mass is 16.4. The molecule has 0 bridgehead atoms. The summed E-state index contributed by atoms with van der Waals surface area (Å²) in [4.78, 5) is 41.0. The maximum atomic E-state index is 13.4. The molecule has 2 fully saturated rings. The number of nitrogens with one attached hydrogen (secondary N) is 2. The number of benzene rings is 1. The molecule has 2 aliphatic heterocycles. The van der Waals surface area contributed by atoms with Crippen molar-refractivity contribution < 1.29 is 19.5 Å². The van der Waals surface area contributed by atoms with Crippen LogP contribution in [0, 0.1) is 5.41 Å². The number of hydrogen-bond donors (Lipinski definition) is 4. The molecule has 212 valence electrons. The summed E-state index contributed by atoms with van der Waals surface area (Å²) in [5.74, 6) is -0.816. The maximum Gasteiger partial charge on any atom is 0.303 e. The van der Waals surface area contributed by atoms with Crippen LogP contribution >= 0.6 is 0 Å². The molecule has 10 heteroatoms. The number of amidine groups is 1. The van der Waals surface area contributed by atoms with Gasteiger partial charge in [0.15, 0.2) is 0 Å². The van der Waals surface area contributed by atoms with Gasteiger partial charge in [-0.3, -0.25) is 19.8 Å². The molecule has 1 aromatic carbocycles. The third kappa shape index (κ3) is 6.98. The summed E-state index contributed by atoms with van der Waals surface area (Å²) in [7, 11) is 0. The lowest BCUT2D eigenvalue weighted by atomic mass is 10.1. The summed E-state index contributed by atoms with van der Waals surface area (Å²) < 4.78 is 2.27. The lowest BCUT2D eigenvalue weighted by Gasteiger charge is -2.30. The van der Waals surface area contributed by atoms with E-state index in [2.05, 4.69) is 22.9 Å². The predicted molar refractivity (Wildman–Crippen MR) is 151 cm³/mol. The first-order chi connectivity index (χ1) is 18.8. The Hall–Kier alpha value is -3.40. The van der Waals surface area contributed by atoms with Gasteiger partial charge < -0.3 is 30.5 Å². The van der Waals surface area contributed by atoms with E-state index >= 15 is 0 Å². The lowest BCUT2D eigenvalue weighted by Crippen LogP contribution is -2.50. The van der Waals surface area contributed by atoms with Gasteiger partial charge in [0.25, 0.3) is 0 Å². The van der Waals surface area contributed by atoms with Gasteiger partial charge in [-0.1, -0.05) is 12.1 Å². The SMILES string of the molecule is CCn1c(CC[C@@H]2CCCN2C(=O)CN2CCCC[C@H](NCCCC(=O)O)C2=O)cc2ccc(C(=N)N)cc21. The van der Waals surface area contributed by atoms with Crippen LogP contribution in [0.1, 0.15) is 69.5 Å². The molecule has 39 heavy (non-hydrogen) atoms. The molecule has 10 nitrogen and oxygen atoms in total. The number of carboxylic acids is 1. The molecule has 0 spiro atoms. The monoisotopic (exact) mass is 538 g/mol. The van der Waals surface area contributed by atoms with Crippen LogP contribution in [0.2, 0.25) is 0 Å². The van der Waals surface area contributed by atoms with Crippen molar-refractivity contribution >= 4 is 34.5 Å². The number of likely N-dealkylation sites (tertiary alicyclic amines) is 2. The Morgan fingerprint density at radius 2 is 1.97 bits per heavy atom. The molecule has 0 radical (unpaired) electrons. The number of fused-ring (bicyclic) bond motifs is 1. The molecular weight excluding hydrogens is 496 g/mol. The molecule has 3 heterocycles. The highest BCUT2D eigenvalue weighted by Crippen LogP contribution is 2.26. The van der Waals surface area contributed by atoms with Crippen molar-refractivity contribution in [1.29, 1.82) is 5.41 Å². The quantitative estimate of drug-likeness (QED) is 0.186. The van der Waals surface area contributed by atoms with Crippen LogP contribution in [0.15, 0.2) is 24.3 Å². The maximum absolute atomic E-state index is 13.4. The Morgan fingerprint density at radius 3 is 2.72 bits per heavy atom. The molecule has 2 atom stereocenters. The van der Waals surface area contributed by atoms with Gasteiger partial charge in [-0.2, -0.15) is 0 Å². The number of carbonyl (C=O) groups excluding carboxylic acids is 2. The fourth-order valence-corrected chi connectivity index (χ4v) is 6.06. The van der Waals surface area contributed by atoms with E-state index in [4.69, 9.17) is 16.2 Å². The largest absolute Gasteiger partial charge is 0.481 e. The molecule has 4 rings (SSSR count). The molecule has 0 saturated carbocycles. The molecule has 1 aromatic heterocycles. The number of aromatic nitrogens is 1. The molecule has 2 saturated heterocycles. The van der Waals surface area contributed by atoms with E-state index in [9.17, 15) is 14.4 Å². The Morgan fingerprint density at radius 1 is 1.15 bits per heavy atom. The van der Waals surface area contributed by atoms with E-state index in [-0.39, 0.29) is 42.7 Å². The van der Waals surface area contributed by atoms with Crippen molar-refractivity contribution in [1.82, 2.24) is 19.7 Å². The number of amides is 2. The van der Waals surface area contributed by atoms with Gasteiger partial charge in [0.05, 0.1) is 12.6 Å². The Labute approximate surface area is 230 Å². The second-order valence-corrected chi connectivity index (χ2v) is 10.7. The fraction of sp³-hybridized carbons (Fsp3) is 0.586. The normalized spacial score (nSPS) is 20.0. The van der Waals surface area contributed by atoms with Gasteiger partial charge in [-0.25, -0.2) is 0 Å². The van der Waals surface area contributed by atoms with E-state index in [0.29, 0.717) is 25.9 Å². The van der Waals surface area contributed by atoms with E-state index < -0.39 is 5.97 Å². The smallest absolute Gasteiger partial charge is 0.303 e. The number of rotatable bonds is 12. The highest BCUT2D eigenvalue weighted by molar-refractivity contribution is 5.98. The minimum Gasteiger partial charge on any atom is -0.481 e. The second-order valence-electron chi connectivity index (χ2n) is 10.7. The number of hydrogen-bond acceptors (Lipinski definition) is 5. The van der Waals surface area contributed by atoms with Crippen molar-refractivity contribution in [3.63, 3.8) is 0 Å². The molecule has 2 amide bonds. The molecule has 2 aromatic rings. The topological polar surface area (TPSA) is 145 Å². The van der Waals surface area contributed by atoms with Crippen LogP contribution in [0.5, 0.6) is 0 Å². The lowest BCUT2D eigenvalue weighted by molar-refractivity contribution is -0.141. The number of nitrogens with two attached hydrogens (primary N) is 1. The van der Waals surface area contributed by atoms with E-state index in [0.717, 1.165) is 68.1 Å². The van der Waals surface area contributed by atoms with E-state index in [1.165, 1.54) is 5.69 Å². The highest BCUT2D eigenvalue weighted by Gasteiger charge is 2.33. The minimum atomic E-state index is -0.838. The zero-order valence-electron chi connectivity index (χ0n) is 23.0. The molecule has 2 aliphatic rings. The molecule has 0 unspecified atom stereocenters. The van der Waals surface area contributed by atoms with Gasteiger partial charge in [0, 0.05) is 48.9 Å². The predicted octanol–water partition coefficient (Wildman–Crippen LogP) is 2.70. The van der Waals surface area contributed by atoms with Crippen LogP contribution in [-0.2, 0) is 27.3 Å². The summed E-state index contributed by atoms with van der Waals surface area (Å²) >= 11 is 0. The second kappa shape index (κ2) is 13.1. The summed E-state index contributed by atoms with van der Waals surface area (Å²) in [5.41, 5.74) is 8.71. The van der Waals surface area contributed by atoms with Crippen molar-refractivity contribution in [2.24, 2.45) is 5.73 Å². The number of aliphatic carboxylic acids is 1. The van der Waals surface area contributed by atoms with E-state index in [1.807, 2.05) is 23.1 Å². The molecule has 5 N–H and O–H groups in total. The first-order valence-electron chi connectivity index (χ1n) is 14.3. The minimum absolute atomic E-state index is 0.0134. The average Bonchev–Trinajstić information content (AvgIpc) is 3.48. The van der Waals surface area contributed by atoms with Gasteiger partial charge >= 0.3 is 5.97 Å². The van der Waals surface area contributed by atoms with Crippen LogP contribution in [-0.4, -0.2) is 81.4 Å². The fourth-order valence-electron chi connectivity index (χ4n) is 6.06. The number of nitrogen functional groups attached to an aromatic ring is 1. The average molecular weight is 539 g/mol. The van der Waals surface area contributed by atoms with Crippen molar-refractivity contribution in [3.8, 4) is 0 Å². The Balaban J connectivity index is 1.36. The van der Waals surface area contributed by atoms with Crippen molar-refractivity contribution in [2.75, 3.05) is 26.2 Å². The van der Waals surface area contributed by atoms with Crippen molar-refractivity contribution in [3.05, 3.63) is 35.5 Å². The van der Waals surface area contributed by atoms with E-state index in [1.54, 1.807) is 4.90 Å². The molecule has 0 aliphatic carbocycles. The molecular formula is C29H42N6O4. The summed E-state index contributed by atoms with van der Waals surface area (Å²) in [5, 5.41) is 21.0. The third-order valence-corrected chi connectivity index (χ3v) is 8.11. The zero-order chi connectivity index (χ0) is 27.9. The Bertz CT molecular complexity index is 1210. The zero-order valence-corrected chi connectivity index (χ0v) is 23.0. The van der Waals surface area contributed by atoms with Gasteiger partial charge in [-0.15, -0.1) is 0 Å². The van der Waals surface area contributed by atoms with Crippen LogP contribution in [0.3, 0.4) is 0 Å². The number of aryl methyl sites for hydroxylation is 2. The van der Waals surface area contributed by atoms with Crippen LogP contribution in [0.25, 0.3) is 10.9 Å². The summed E-state index contributed by atoms with van der Waals surface area (Å²) in [6, 6.07) is 7.86. The number of carbonyl (C=O) groups is 3. The third-order valence-electron chi connectivity index (χ3n) is 8.11. The Kier molecular flexibility index (Phi) is 9.61. The van der Waals surface area contributed by atoms with Gasteiger partial charge in [-0.05, 0) is 82.4 Å². The van der Waals surface area contributed by atoms with Crippen LogP contribution < -0.4 is 11.1 Å². The standard InChI is InChI=1S/C29H42N6O4/c1-2-34-23(17-20-10-11-21(28(30)31)18-25(20)34)13-12-22-7-6-16-35(22)26(36)19-33-15-4-3-8-24(29(33)39)32-14-5-9-27(37)38/h10-11,17-18,22,24,32H,2-9,12-16,19H2,1H3,(H3,30,31)(H,37,38)/t22-,24-/m0/s1. The first-order valence-corrected chi connectivity index (χ1v) is 14.3. The summed E-state index contributed by atoms with van der Waals surface area (Å²) in [6.07, 6.45) is 6.67. The van der Waals surface area contributed by atoms with Crippen molar-refractivity contribution in [2.45, 2.75) is 83.3 Å². The van der Waals surface area contributed by atoms with Gasteiger partial charge in [0.1, 0.15) is 5.84 Å². The number of carboxylic acid groups (broad SMARTS) is 1.